The fourth-order valence-corrected chi connectivity index (χ4v) is 2.37. The Kier molecular flexibility index (Phi) is 2.75. The van der Waals surface area contributed by atoms with Gasteiger partial charge in [-0.1, -0.05) is 12.1 Å². The van der Waals surface area contributed by atoms with Gasteiger partial charge in [0.25, 0.3) is 5.56 Å². The van der Waals surface area contributed by atoms with Gasteiger partial charge in [0.1, 0.15) is 11.4 Å². The summed E-state index contributed by atoms with van der Waals surface area (Å²) >= 11 is 0. The van der Waals surface area contributed by atoms with Crippen molar-refractivity contribution in [2.24, 2.45) is 0 Å². The molecule has 0 amide bonds. The number of aryl methyl sites for hydroxylation is 1. The zero-order valence-electron chi connectivity index (χ0n) is 11.3. The van der Waals surface area contributed by atoms with Crippen molar-refractivity contribution in [2.75, 3.05) is 12.8 Å². The molecule has 0 aliphatic rings. The van der Waals surface area contributed by atoms with Crippen LogP contribution in [0, 0.1) is 6.92 Å². The van der Waals surface area contributed by atoms with Gasteiger partial charge in [-0.15, -0.1) is 0 Å². The summed E-state index contributed by atoms with van der Waals surface area (Å²) in [5.41, 5.74) is 8.74. The first-order chi connectivity index (χ1) is 9.61. The van der Waals surface area contributed by atoms with Crippen LogP contribution in [0.5, 0.6) is 5.75 Å². The van der Waals surface area contributed by atoms with Crippen molar-refractivity contribution in [3.63, 3.8) is 0 Å². The number of rotatable bonds is 2. The number of nitrogen functional groups attached to an aromatic ring is 1. The predicted octanol–water partition coefficient (Wildman–Crippen LogP) is 2.22. The van der Waals surface area contributed by atoms with Gasteiger partial charge in [0.05, 0.1) is 18.0 Å². The Morgan fingerprint density at radius 1 is 1.25 bits per heavy atom. The van der Waals surface area contributed by atoms with Gasteiger partial charge < -0.3 is 10.5 Å². The van der Waals surface area contributed by atoms with Gasteiger partial charge in [0.15, 0.2) is 0 Å². The molecular weight excluding hydrogens is 254 g/mol. The summed E-state index contributed by atoms with van der Waals surface area (Å²) in [7, 11) is 1.60. The van der Waals surface area contributed by atoms with Crippen molar-refractivity contribution >= 4 is 16.6 Å². The molecule has 0 saturated heterocycles. The molecule has 0 fully saturated rings. The summed E-state index contributed by atoms with van der Waals surface area (Å²) in [5, 5.41) is 3.31. The van der Waals surface area contributed by atoms with E-state index in [-0.39, 0.29) is 5.56 Å². The van der Waals surface area contributed by atoms with E-state index in [0.717, 1.165) is 16.8 Å². The molecule has 0 radical (unpaired) electrons. The lowest BCUT2D eigenvalue weighted by atomic mass is 10.2. The lowest BCUT2D eigenvalue weighted by Gasteiger charge is -2.11. The smallest absolute Gasteiger partial charge is 0.274 e. The topological polar surface area (TPSA) is 73.0 Å². The standard InChI is InChI=1S/C15H15N3O2/c1-9-6-7-13(20-2)12(8-9)18-11-5-3-4-10(16)14(11)15(19)17-18/h3-8H,16H2,1-2H3,(H,17,19). The molecule has 0 saturated carbocycles. The number of aromatic nitrogens is 2. The van der Waals surface area contributed by atoms with Crippen molar-refractivity contribution in [3.05, 3.63) is 52.3 Å². The highest BCUT2D eigenvalue weighted by molar-refractivity contribution is 5.91. The van der Waals surface area contributed by atoms with E-state index in [0.29, 0.717) is 16.8 Å². The minimum atomic E-state index is -0.207. The molecule has 20 heavy (non-hydrogen) atoms. The summed E-state index contributed by atoms with van der Waals surface area (Å²) in [6, 6.07) is 11.2. The number of nitrogens with two attached hydrogens (primary N) is 1. The van der Waals surface area contributed by atoms with E-state index in [9.17, 15) is 4.79 Å². The average molecular weight is 269 g/mol. The van der Waals surface area contributed by atoms with Crippen LogP contribution in [0.1, 0.15) is 5.56 Å². The molecule has 2 aromatic carbocycles. The van der Waals surface area contributed by atoms with Gasteiger partial charge in [-0.25, -0.2) is 4.68 Å². The number of hydrogen-bond donors (Lipinski definition) is 2. The fraction of sp³-hybridized carbons (Fsp3) is 0.133. The zero-order valence-corrected chi connectivity index (χ0v) is 11.3. The molecule has 3 aromatic rings. The van der Waals surface area contributed by atoms with Crippen LogP contribution in [0.2, 0.25) is 0 Å². The maximum Gasteiger partial charge on any atom is 0.274 e. The number of ether oxygens (including phenoxy) is 1. The lowest BCUT2D eigenvalue weighted by Crippen LogP contribution is -2.06. The van der Waals surface area contributed by atoms with Gasteiger partial charge >= 0.3 is 0 Å². The maximum atomic E-state index is 12.1. The van der Waals surface area contributed by atoms with Crippen LogP contribution in [0.4, 0.5) is 5.69 Å². The van der Waals surface area contributed by atoms with E-state index < -0.39 is 0 Å². The molecule has 3 N–H and O–H groups in total. The molecule has 1 aromatic heterocycles. The van der Waals surface area contributed by atoms with Gasteiger partial charge in [-0.2, -0.15) is 0 Å². The Bertz CT molecular complexity index is 846. The monoisotopic (exact) mass is 269 g/mol. The number of aromatic amines is 1. The first kappa shape index (κ1) is 12.3. The van der Waals surface area contributed by atoms with Gasteiger partial charge in [0.2, 0.25) is 0 Å². The normalized spacial score (nSPS) is 10.9. The summed E-state index contributed by atoms with van der Waals surface area (Å²) in [6.45, 7) is 1.99. The number of nitrogens with zero attached hydrogens (tertiary/aromatic N) is 1. The van der Waals surface area contributed by atoms with Crippen LogP contribution in [0.25, 0.3) is 16.6 Å². The molecule has 0 aliphatic heterocycles. The molecule has 1 heterocycles. The van der Waals surface area contributed by atoms with Crippen LogP contribution in [-0.2, 0) is 0 Å². The maximum absolute atomic E-state index is 12.1. The summed E-state index contributed by atoms with van der Waals surface area (Å²) in [6.07, 6.45) is 0. The van der Waals surface area contributed by atoms with Crippen LogP contribution < -0.4 is 16.0 Å². The first-order valence-corrected chi connectivity index (χ1v) is 6.26. The second-order valence-electron chi connectivity index (χ2n) is 4.69. The number of benzene rings is 2. The van der Waals surface area contributed by atoms with Crippen LogP contribution in [-0.4, -0.2) is 16.9 Å². The first-order valence-electron chi connectivity index (χ1n) is 6.26. The fourth-order valence-electron chi connectivity index (χ4n) is 2.37. The lowest BCUT2D eigenvalue weighted by molar-refractivity contribution is 0.412. The Labute approximate surface area is 115 Å². The number of fused-ring (bicyclic) bond motifs is 1. The van der Waals surface area contributed by atoms with E-state index in [1.165, 1.54) is 0 Å². The van der Waals surface area contributed by atoms with Crippen molar-refractivity contribution in [2.45, 2.75) is 6.92 Å². The largest absolute Gasteiger partial charge is 0.494 e. The van der Waals surface area contributed by atoms with E-state index in [2.05, 4.69) is 5.10 Å². The molecule has 0 unspecified atom stereocenters. The van der Waals surface area contributed by atoms with Crippen LogP contribution in [0.15, 0.2) is 41.2 Å². The third-order valence-corrected chi connectivity index (χ3v) is 3.33. The number of hydrogen-bond acceptors (Lipinski definition) is 3. The highest BCUT2D eigenvalue weighted by Gasteiger charge is 2.13. The molecular formula is C15H15N3O2. The SMILES string of the molecule is COc1ccc(C)cc1-n1[nH]c(=O)c2c(N)cccc21. The van der Waals surface area contributed by atoms with Gasteiger partial charge in [0, 0.05) is 5.69 Å². The average Bonchev–Trinajstić information content (AvgIpc) is 2.77. The number of H-pyrrole nitrogens is 1. The van der Waals surface area contributed by atoms with Gasteiger partial charge in [-0.3, -0.25) is 9.89 Å². The molecule has 3 rings (SSSR count). The number of anilines is 1. The molecule has 0 atom stereocenters. The predicted molar refractivity (Wildman–Crippen MR) is 79.6 cm³/mol. The third-order valence-electron chi connectivity index (χ3n) is 3.33. The number of nitrogens with one attached hydrogen (secondary N) is 1. The Balaban J connectivity index is 2.39. The molecule has 0 bridgehead atoms. The zero-order chi connectivity index (χ0) is 14.3. The second-order valence-corrected chi connectivity index (χ2v) is 4.69. The Morgan fingerprint density at radius 3 is 2.80 bits per heavy atom. The summed E-state index contributed by atoms with van der Waals surface area (Å²) in [5.74, 6) is 0.686. The Hall–Kier alpha value is -2.69. The minimum absolute atomic E-state index is 0.207. The van der Waals surface area contributed by atoms with Crippen molar-refractivity contribution in [1.29, 1.82) is 0 Å². The summed E-state index contributed by atoms with van der Waals surface area (Å²) < 4.78 is 7.08. The third kappa shape index (κ3) is 1.75. The van der Waals surface area contributed by atoms with Crippen molar-refractivity contribution in [1.82, 2.24) is 9.78 Å². The quantitative estimate of drug-likeness (QED) is 0.701. The highest BCUT2D eigenvalue weighted by atomic mass is 16.5. The van der Waals surface area contributed by atoms with E-state index >= 15 is 0 Å². The van der Waals surface area contributed by atoms with Crippen molar-refractivity contribution < 1.29 is 4.74 Å². The van der Waals surface area contributed by atoms with Gasteiger partial charge in [-0.05, 0) is 36.8 Å². The van der Waals surface area contributed by atoms with E-state index in [1.54, 1.807) is 17.9 Å². The number of methoxy groups -OCH3 is 1. The molecule has 5 heteroatoms. The minimum Gasteiger partial charge on any atom is -0.494 e. The van der Waals surface area contributed by atoms with Crippen LogP contribution >= 0.6 is 0 Å². The molecule has 102 valence electrons. The van der Waals surface area contributed by atoms with E-state index in [1.807, 2.05) is 37.3 Å². The highest BCUT2D eigenvalue weighted by Crippen LogP contribution is 2.27. The summed E-state index contributed by atoms with van der Waals surface area (Å²) in [4.78, 5) is 12.1. The molecule has 5 nitrogen and oxygen atoms in total. The molecule has 0 aliphatic carbocycles. The Morgan fingerprint density at radius 2 is 2.05 bits per heavy atom. The second kappa shape index (κ2) is 4.45. The molecule has 0 spiro atoms. The van der Waals surface area contributed by atoms with E-state index in [4.69, 9.17) is 10.5 Å². The van der Waals surface area contributed by atoms with Crippen LogP contribution in [0.3, 0.4) is 0 Å². The van der Waals surface area contributed by atoms with Crippen molar-refractivity contribution in [3.8, 4) is 11.4 Å².